The van der Waals surface area contributed by atoms with E-state index in [1.54, 1.807) is 11.3 Å². The number of nitrogens with one attached hydrogen (secondary N) is 1. The maximum atomic E-state index is 11.7. The third-order valence-corrected chi connectivity index (χ3v) is 5.98. The molecule has 6 nitrogen and oxygen atoms in total. The number of likely N-dealkylation sites (tertiary alicyclic amines) is 1. The van der Waals surface area contributed by atoms with Crippen LogP contribution < -0.4 is 10.1 Å². The lowest BCUT2D eigenvalue weighted by atomic mass is 10.0. The van der Waals surface area contributed by atoms with E-state index in [4.69, 9.17) is 9.47 Å². The summed E-state index contributed by atoms with van der Waals surface area (Å²) in [5.41, 5.74) is 2.21. The zero-order valence-electron chi connectivity index (χ0n) is 17.3. The van der Waals surface area contributed by atoms with Gasteiger partial charge < -0.3 is 14.8 Å². The summed E-state index contributed by atoms with van der Waals surface area (Å²) in [5, 5.41) is 3.63. The average molecular weight is 426 g/mol. The lowest BCUT2D eigenvalue weighted by molar-refractivity contribution is 0.105. The third kappa shape index (κ3) is 5.49. The first-order valence-corrected chi connectivity index (χ1v) is 11.2. The van der Waals surface area contributed by atoms with Gasteiger partial charge in [-0.1, -0.05) is 35.6 Å². The van der Waals surface area contributed by atoms with Gasteiger partial charge in [-0.2, -0.15) is 0 Å². The van der Waals surface area contributed by atoms with Gasteiger partial charge in [0, 0.05) is 25.7 Å². The second kappa shape index (κ2) is 9.45. The highest BCUT2D eigenvalue weighted by atomic mass is 32.1. The Morgan fingerprint density at radius 1 is 1.17 bits per heavy atom. The van der Waals surface area contributed by atoms with Crippen LogP contribution in [0.15, 0.2) is 48.5 Å². The van der Waals surface area contributed by atoms with Gasteiger partial charge >= 0.3 is 6.09 Å². The summed E-state index contributed by atoms with van der Waals surface area (Å²) in [4.78, 5) is 18.7. The molecule has 0 aliphatic carbocycles. The van der Waals surface area contributed by atoms with Crippen molar-refractivity contribution in [2.75, 3.05) is 13.1 Å². The van der Waals surface area contributed by atoms with Crippen LogP contribution in [0.25, 0.3) is 10.2 Å². The molecule has 1 aromatic heterocycles. The smallest absolute Gasteiger partial charge is 0.407 e. The number of aromatic nitrogens is 1. The Morgan fingerprint density at radius 2 is 1.90 bits per heavy atom. The van der Waals surface area contributed by atoms with Gasteiger partial charge in [0.15, 0.2) is 0 Å². The van der Waals surface area contributed by atoms with Gasteiger partial charge in [-0.15, -0.1) is 0 Å². The average Bonchev–Trinajstić information content (AvgIpc) is 3.12. The summed E-state index contributed by atoms with van der Waals surface area (Å²) in [7, 11) is 0. The second-order valence-corrected chi connectivity index (χ2v) is 8.84. The van der Waals surface area contributed by atoms with Crippen LogP contribution in [0.2, 0.25) is 0 Å². The van der Waals surface area contributed by atoms with E-state index in [0.29, 0.717) is 5.19 Å². The monoisotopic (exact) mass is 425 g/mol. The van der Waals surface area contributed by atoms with Gasteiger partial charge in [0.25, 0.3) is 5.19 Å². The minimum absolute atomic E-state index is 0.0910. The molecule has 0 atom stereocenters. The van der Waals surface area contributed by atoms with E-state index in [1.165, 1.54) is 5.56 Å². The number of carbonyl (C=O) groups is 1. The predicted octanol–water partition coefficient (Wildman–Crippen LogP) is 5.19. The summed E-state index contributed by atoms with van der Waals surface area (Å²) in [6, 6.07) is 16.4. The predicted molar refractivity (Wildman–Crippen MR) is 119 cm³/mol. The number of carbonyl (C=O) groups excluding carboxylic acids is 1. The number of thiazole rings is 1. The zero-order valence-corrected chi connectivity index (χ0v) is 18.2. The van der Waals surface area contributed by atoms with Crippen LogP contribution in [0.3, 0.4) is 0 Å². The van der Waals surface area contributed by atoms with Crippen molar-refractivity contribution in [1.29, 1.82) is 0 Å². The largest absolute Gasteiger partial charge is 0.447 e. The summed E-state index contributed by atoms with van der Waals surface area (Å²) < 4.78 is 12.2. The summed E-state index contributed by atoms with van der Waals surface area (Å²) in [5.74, 6) is 0.796. The molecular formula is C23H27N3O3S. The lowest BCUT2D eigenvalue weighted by Crippen LogP contribution is -2.44. The molecule has 0 saturated carbocycles. The van der Waals surface area contributed by atoms with Crippen molar-refractivity contribution in [3.05, 3.63) is 54.1 Å². The van der Waals surface area contributed by atoms with E-state index < -0.39 is 0 Å². The van der Waals surface area contributed by atoms with Gasteiger partial charge in [-0.3, -0.25) is 4.90 Å². The number of piperidine rings is 1. The molecule has 0 unspecified atom stereocenters. The normalized spacial score (nSPS) is 15.4. The molecule has 1 amide bonds. The Bertz CT molecular complexity index is 946. The Labute approximate surface area is 180 Å². The van der Waals surface area contributed by atoms with Crippen molar-refractivity contribution >= 4 is 27.6 Å². The molecule has 30 heavy (non-hydrogen) atoms. The SMILES string of the molecule is CC(C)OC(=O)NC1CCN(Cc2ccc(Oc3nc4ccccc4s3)cc2)CC1. The summed E-state index contributed by atoms with van der Waals surface area (Å²) in [6.45, 7) is 6.52. The van der Waals surface area contributed by atoms with Crippen molar-refractivity contribution in [2.45, 2.75) is 45.4 Å². The number of nitrogens with zero attached hydrogens (tertiary/aromatic N) is 2. The van der Waals surface area contributed by atoms with E-state index in [9.17, 15) is 4.79 Å². The molecule has 0 spiro atoms. The van der Waals surface area contributed by atoms with Crippen molar-refractivity contribution in [2.24, 2.45) is 0 Å². The number of amides is 1. The van der Waals surface area contributed by atoms with Crippen molar-refractivity contribution < 1.29 is 14.3 Å². The quantitative estimate of drug-likeness (QED) is 0.589. The Balaban J connectivity index is 1.25. The number of hydrogen-bond acceptors (Lipinski definition) is 6. The van der Waals surface area contributed by atoms with Crippen molar-refractivity contribution in [3.63, 3.8) is 0 Å². The first-order valence-electron chi connectivity index (χ1n) is 10.4. The van der Waals surface area contributed by atoms with Crippen LogP contribution in [-0.2, 0) is 11.3 Å². The number of benzene rings is 2. The van der Waals surface area contributed by atoms with Crippen molar-refractivity contribution in [1.82, 2.24) is 15.2 Å². The van der Waals surface area contributed by atoms with E-state index >= 15 is 0 Å². The molecule has 7 heteroatoms. The third-order valence-electron chi connectivity index (χ3n) is 5.06. The van der Waals surface area contributed by atoms with Gasteiger partial charge in [0.05, 0.1) is 16.3 Å². The maximum Gasteiger partial charge on any atom is 0.407 e. The van der Waals surface area contributed by atoms with E-state index in [1.807, 2.05) is 44.2 Å². The molecule has 1 saturated heterocycles. The topological polar surface area (TPSA) is 63.7 Å². The molecule has 1 aliphatic rings. The molecule has 1 fully saturated rings. The molecule has 158 valence electrons. The number of para-hydroxylation sites is 1. The molecule has 0 radical (unpaired) electrons. The summed E-state index contributed by atoms with van der Waals surface area (Å²) in [6.07, 6.45) is 1.47. The molecule has 1 aliphatic heterocycles. The summed E-state index contributed by atoms with van der Waals surface area (Å²) >= 11 is 1.55. The standard InChI is InChI=1S/C23H27N3O3S/c1-16(2)28-22(27)24-18-11-13-26(14-12-18)15-17-7-9-19(10-8-17)29-23-25-20-5-3-4-6-21(20)30-23/h3-10,16,18H,11-15H2,1-2H3,(H,24,27). The van der Waals surface area contributed by atoms with Crippen molar-refractivity contribution in [3.8, 4) is 10.9 Å². The van der Waals surface area contributed by atoms with Crippen LogP contribution in [0.1, 0.15) is 32.3 Å². The van der Waals surface area contributed by atoms with Crippen LogP contribution in [0.4, 0.5) is 4.79 Å². The van der Waals surface area contributed by atoms with E-state index in [-0.39, 0.29) is 18.2 Å². The van der Waals surface area contributed by atoms with Gasteiger partial charge in [0.2, 0.25) is 0 Å². The molecule has 2 heterocycles. The number of ether oxygens (including phenoxy) is 2. The minimum atomic E-state index is -0.313. The fourth-order valence-electron chi connectivity index (χ4n) is 3.57. The van der Waals surface area contributed by atoms with Gasteiger partial charge in [-0.25, -0.2) is 9.78 Å². The Kier molecular flexibility index (Phi) is 6.50. The first kappa shape index (κ1) is 20.6. The highest BCUT2D eigenvalue weighted by Gasteiger charge is 2.21. The highest BCUT2D eigenvalue weighted by Crippen LogP contribution is 2.31. The minimum Gasteiger partial charge on any atom is -0.447 e. The molecule has 4 rings (SSSR count). The Hall–Kier alpha value is -2.64. The van der Waals surface area contributed by atoms with Crippen LogP contribution in [-0.4, -0.2) is 41.2 Å². The zero-order chi connectivity index (χ0) is 20.9. The molecular weight excluding hydrogens is 398 g/mol. The van der Waals surface area contributed by atoms with E-state index in [2.05, 4.69) is 33.4 Å². The highest BCUT2D eigenvalue weighted by molar-refractivity contribution is 7.20. The number of alkyl carbamates (subject to hydrolysis) is 1. The van der Waals surface area contributed by atoms with Gasteiger partial charge in [-0.05, 0) is 56.5 Å². The van der Waals surface area contributed by atoms with Crippen LogP contribution in [0.5, 0.6) is 10.9 Å². The fraction of sp³-hybridized carbons (Fsp3) is 0.391. The fourth-order valence-corrected chi connectivity index (χ4v) is 4.40. The second-order valence-electron chi connectivity index (χ2n) is 7.84. The maximum absolute atomic E-state index is 11.7. The van der Waals surface area contributed by atoms with Gasteiger partial charge in [0.1, 0.15) is 5.75 Å². The number of hydrogen-bond donors (Lipinski definition) is 1. The lowest BCUT2D eigenvalue weighted by Gasteiger charge is -2.32. The molecule has 0 bridgehead atoms. The van der Waals surface area contributed by atoms with Crippen LogP contribution in [0, 0.1) is 0 Å². The van der Waals surface area contributed by atoms with Crippen LogP contribution >= 0.6 is 11.3 Å². The number of rotatable bonds is 6. The first-order chi connectivity index (χ1) is 14.5. The number of fused-ring (bicyclic) bond motifs is 1. The molecule has 1 N–H and O–H groups in total. The molecule has 2 aromatic carbocycles. The Morgan fingerprint density at radius 3 is 2.60 bits per heavy atom. The van der Waals surface area contributed by atoms with E-state index in [0.717, 1.165) is 48.4 Å². The molecule has 3 aromatic rings.